The van der Waals surface area contributed by atoms with Gasteiger partial charge in [-0.05, 0) is 68.8 Å². The SMILES string of the molecule is COc1ccc(-n2c(-c3cccc(OC)c3)cc(C(C)=NOCc3ccc(C)cc3)c2C)cc1. The summed E-state index contributed by atoms with van der Waals surface area (Å²) in [6.45, 7) is 6.58. The van der Waals surface area contributed by atoms with Crippen molar-refractivity contribution >= 4 is 5.71 Å². The third kappa shape index (κ3) is 4.99. The number of ether oxygens (including phenoxy) is 2. The van der Waals surface area contributed by atoms with Crippen LogP contribution in [0.5, 0.6) is 11.5 Å². The number of benzene rings is 3. The molecule has 0 aliphatic heterocycles. The molecule has 0 spiro atoms. The second kappa shape index (κ2) is 10.3. The molecule has 0 saturated carbocycles. The molecule has 0 bridgehead atoms. The minimum Gasteiger partial charge on any atom is -0.497 e. The molecule has 0 unspecified atom stereocenters. The van der Waals surface area contributed by atoms with Gasteiger partial charge < -0.3 is 18.9 Å². The molecule has 0 saturated heterocycles. The monoisotopic (exact) mass is 454 g/mol. The summed E-state index contributed by atoms with van der Waals surface area (Å²) in [5.74, 6) is 1.63. The average Bonchev–Trinajstić information content (AvgIpc) is 3.22. The average molecular weight is 455 g/mol. The molecule has 4 rings (SSSR count). The van der Waals surface area contributed by atoms with Crippen molar-refractivity contribution in [2.24, 2.45) is 5.16 Å². The van der Waals surface area contributed by atoms with Crippen molar-refractivity contribution in [3.63, 3.8) is 0 Å². The summed E-state index contributed by atoms with van der Waals surface area (Å²) in [4.78, 5) is 5.70. The van der Waals surface area contributed by atoms with Gasteiger partial charge in [0.2, 0.25) is 0 Å². The quantitative estimate of drug-likeness (QED) is 0.219. The standard InChI is InChI=1S/C29H30N2O3/c1-20-9-11-23(12-10-20)19-34-30-21(2)28-18-29(24-7-6-8-27(17-24)33-5)31(22(28)3)25-13-15-26(32-4)16-14-25/h6-18H,19H2,1-5H3. The van der Waals surface area contributed by atoms with Crippen LogP contribution in [0.1, 0.15) is 29.3 Å². The highest BCUT2D eigenvalue weighted by Gasteiger charge is 2.17. The van der Waals surface area contributed by atoms with Gasteiger partial charge in [-0.1, -0.05) is 47.1 Å². The third-order valence-corrected chi connectivity index (χ3v) is 5.89. The van der Waals surface area contributed by atoms with Gasteiger partial charge in [0, 0.05) is 22.5 Å². The van der Waals surface area contributed by atoms with E-state index in [9.17, 15) is 0 Å². The second-order valence-electron chi connectivity index (χ2n) is 8.23. The third-order valence-electron chi connectivity index (χ3n) is 5.89. The summed E-state index contributed by atoms with van der Waals surface area (Å²) in [6, 6.07) is 26.6. The van der Waals surface area contributed by atoms with Crippen LogP contribution in [-0.2, 0) is 11.4 Å². The van der Waals surface area contributed by atoms with E-state index in [0.29, 0.717) is 6.61 Å². The number of methoxy groups -OCH3 is 2. The Hall–Kier alpha value is -3.99. The van der Waals surface area contributed by atoms with E-state index in [4.69, 9.17) is 14.3 Å². The van der Waals surface area contributed by atoms with E-state index in [0.717, 1.165) is 51.0 Å². The smallest absolute Gasteiger partial charge is 0.142 e. The van der Waals surface area contributed by atoms with Crippen LogP contribution in [0, 0.1) is 13.8 Å². The second-order valence-corrected chi connectivity index (χ2v) is 8.23. The van der Waals surface area contributed by atoms with Gasteiger partial charge in [0.25, 0.3) is 0 Å². The number of nitrogens with zero attached hydrogens (tertiary/aromatic N) is 2. The molecule has 0 atom stereocenters. The van der Waals surface area contributed by atoms with Crippen LogP contribution in [0.4, 0.5) is 0 Å². The molecule has 0 amide bonds. The van der Waals surface area contributed by atoms with Gasteiger partial charge in [0.1, 0.15) is 18.1 Å². The lowest BCUT2D eigenvalue weighted by Crippen LogP contribution is -2.03. The number of aryl methyl sites for hydroxylation is 1. The minimum absolute atomic E-state index is 0.429. The van der Waals surface area contributed by atoms with Gasteiger partial charge in [-0.15, -0.1) is 0 Å². The van der Waals surface area contributed by atoms with E-state index in [1.165, 1.54) is 5.56 Å². The zero-order valence-electron chi connectivity index (χ0n) is 20.3. The summed E-state index contributed by atoms with van der Waals surface area (Å²) < 4.78 is 13.0. The van der Waals surface area contributed by atoms with Gasteiger partial charge in [-0.2, -0.15) is 0 Å². The summed E-state index contributed by atoms with van der Waals surface area (Å²) in [6.07, 6.45) is 0. The highest BCUT2D eigenvalue weighted by Crippen LogP contribution is 2.32. The lowest BCUT2D eigenvalue weighted by atomic mass is 10.1. The molecule has 174 valence electrons. The fraction of sp³-hybridized carbons (Fsp3) is 0.207. The Bertz CT molecular complexity index is 1290. The van der Waals surface area contributed by atoms with Crippen molar-refractivity contribution < 1.29 is 14.3 Å². The normalized spacial score (nSPS) is 11.4. The zero-order chi connectivity index (χ0) is 24.1. The van der Waals surface area contributed by atoms with E-state index in [1.807, 2.05) is 37.3 Å². The van der Waals surface area contributed by atoms with Crippen molar-refractivity contribution in [1.29, 1.82) is 0 Å². The van der Waals surface area contributed by atoms with Crippen LogP contribution in [-0.4, -0.2) is 24.5 Å². The number of oxime groups is 1. The molecular weight excluding hydrogens is 424 g/mol. The Balaban J connectivity index is 1.72. The molecule has 0 fully saturated rings. The number of rotatable bonds is 8. The Morgan fingerprint density at radius 3 is 2.21 bits per heavy atom. The van der Waals surface area contributed by atoms with Crippen LogP contribution in [0.25, 0.3) is 16.9 Å². The summed E-state index contributed by atoms with van der Waals surface area (Å²) >= 11 is 0. The van der Waals surface area contributed by atoms with Crippen molar-refractivity contribution in [3.05, 3.63) is 101 Å². The lowest BCUT2D eigenvalue weighted by molar-refractivity contribution is 0.130. The molecule has 0 aliphatic rings. The van der Waals surface area contributed by atoms with E-state index in [2.05, 4.69) is 72.1 Å². The molecule has 4 aromatic rings. The Morgan fingerprint density at radius 2 is 1.53 bits per heavy atom. The molecule has 3 aromatic carbocycles. The number of hydrogen-bond acceptors (Lipinski definition) is 4. The predicted octanol–water partition coefficient (Wildman–Crippen LogP) is 6.72. The van der Waals surface area contributed by atoms with Crippen molar-refractivity contribution in [2.75, 3.05) is 14.2 Å². The summed E-state index contributed by atoms with van der Waals surface area (Å²) in [5, 5.41) is 4.43. The van der Waals surface area contributed by atoms with Gasteiger partial charge in [-0.3, -0.25) is 0 Å². The van der Waals surface area contributed by atoms with Crippen LogP contribution >= 0.6 is 0 Å². The minimum atomic E-state index is 0.429. The molecule has 0 radical (unpaired) electrons. The molecule has 5 nitrogen and oxygen atoms in total. The van der Waals surface area contributed by atoms with E-state index in [-0.39, 0.29) is 0 Å². The van der Waals surface area contributed by atoms with Crippen LogP contribution < -0.4 is 9.47 Å². The van der Waals surface area contributed by atoms with Crippen LogP contribution in [0.3, 0.4) is 0 Å². The first kappa shape index (κ1) is 23.2. The molecule has 1 aromatic heterocycles. The largest absolute Gasteiger partial charge is 0.497 e. The van der Waals surface area contributed by atoms with Gasteiger partial charge in [0.05, 0.1) is 25.6 Å². The van der Waals surface area contributed by atoms with E-state index >= 15 is 0 Å². The molecule has 0 aliphatic carbocycles. The van der Waals surface area contributed by atoms with Gasteiger partial charge in [-0.25, -0.2) is 0 Å². The fourth-order valence-corrected chi connectivity index (χ4v) is 3.97. The highest BCUT2D eigenvalue weighted by molar-refractivity contribution is 6.01. The zero-order valence-corrected chi connectivity index (χ0v) is 20.3. The first-order valence-corrected chi connectivity index (χ1v) is 11.2. The summed E-state index contributed by atoms with van der Waals surface area (Å²) in [7, 11) is 3.35. The Labute approximate surface area is 201 Å². The van der Waals surface area contributed by atoms with Crippen LogP contribution in [0.2, 0.25) is 0 Å². The lowest BCUT2D eigenvalue weighted by Gasteiger charge is -2.13. The molecule has 0 N–H and O–H groups in total. The topological polar surface area (TPSA) is 45.0 Å². The maximum absolute atomic E-state index is 5.70. The Morgan fingerprint density at radius 1 is 0.824 bits per heavy atom. The maximum atomic E-state index is 5.70. The van der Waals surface area contributed by atoms with Gasteiger partial charge in [0.15, 0.2) is 0 Å². The highest BCUT2D eigenvalue weighted by atomic mass is 16.6. The maximum Gasteiger partial charge on any atom is 0.142 e. The molecule has 34 heavy (non-hydrogen) atoms. The first-order chi connectivity index (χ1) is 16.5. The fourth-order valence-electron chi connectivity index (χ4n) is 3.97. The number of hydrogen-bond donors (Lipinski definition) is 0. The summed E-state index contributed by atoms with van der Waals surface area (Å²) in [5.41, 5.74) is 8.37. The molecule has 5 heteroatoms. The number of aromatic nitrogens is 1. The van der Waals surface area contributed by atoms with Crippen LogP contribution in [0.15, 0.2) is 84.0 Å². The van der Waals surface area contributed by atoms with E-state index in [1.54, 1.807) is 14.2 Å². The van der Waals surface area contributed by atoms with Crippen molar-refractivity contribution in [2.45, 2.75) is 27.4 Å². The van der Waals surface area contributed by atoms with E-state index < -0.39 is 0 Å². The molecule has 1 heterocycles. The van der Waals surface area contributed by atoms with Crippen molar-refractivity contribution in [3.8, 4) is 28.4 Å². The van der Waals surface area contributed by atoms with Crippen molar-refractivity contribution in [1.82, 2.24) is 4.57 Å². The Kier molecular flexibility index (Phi) is 7.02. The first-order valence-electron chi connectivity index (χ1n) is 11.2. The van der Waals surface area contributed by atoms with Gasteiger partial charge >= 0.3 is 0 Å². The predicted molar refractivity (Wildman–Crippen MR) is 137 cm³/mol. The molecular formula is C29H30N2O3.